The number of hydrogen-bond acceptors (Lipinski definition) is 2. The molecule has 0 N–H and O–H groups in total. The summed E-state index contributed by atoms with van der Waals surface area (Å²) < 4.78 is 11.9. The van der Waals surface area contributed by atoms with Crippen molar-refractivity contribution in [2.75, 3.05) is 13.2 Å². The lowest BCUT2D eigenvalue weighted by atomic mass is 9.74. The third-order valence-electron chi connectivity index (χ3n) is 4.60. The van der Waals surface area contributed by atoms with E-state index in [1.54, 1.807) is 0 Å². The van der Waals surface area contributed by atoms with E-state index >= 15 is 0 Å². The van der Waals surface area contributed by atoms with Gasteiger partial charge in [-0.15, -0.1) is 0 Å². The maximum absolute atomic E-state index is 5.96. The Bertz CT molecular complexity index is 225. The standard InChI is InChI=1S/C13H24O2/c1-5-9-7-14-12-10(8-15-11(9)12)13(3,4)6-2/h9-12H,5-8H2,1-4H3. The minimum absolute atomic E-state index is 0.349. The van der Waals surface area contributed by atoms with Crippen molar-refractivity contribution in [3.63, 3.8) is 0 Å². The van der Waals surface area contributed by atoms with Crippen LogP contribution in [0.15, 0.2) is 0 Å². The van der Waals surface area contributed by atoms with Crippen LogP contribution >= 0.6 is 0 Å². The molecule has 0 aromatic carbocycles. The largest absolute Gasteiger partial charge is 0.375 e. The fourth-order valence-electron chi connectivity index (χ4n) is 2.86. The number of hydrogen-bond donors (Lipinski definition) is 0. The summed E-state index contributed by atoms with van der Waals surface area (Å²) in [6, 6.07) is 0. The number of fused-ring (bicyclic) bond motifs is 1. The molecule has 0 amide bonds. The van der Waals surface area contributed by atoms with E-state index in [-0.39, 0.29) is 0 Å². The summed E-state index contributed by atoms with van der Waals surface area (Å²) in [5.74, 6) is 1.22. The first kappa shape index (κ1) is 11.4. The summed E-state index contributed by atoms with van der Waals surface area (Å²) >= 11 is 0. The first-order valence-electron chi connectivity index (χ1n) is 6.33. The normalized spacial score (nSPS) is 40.8. The molecule has 2 nitrogen and oxygen atoms in total. The molecule has 88 valence electrons. The van der Waals surface area contributed by atoms with Crippen LogP contribution in [0.4, 0.5) is 0 Å². The molecule has 2 heteroatoms. The topological polar surface area (TPSA) is 18.5 Å². The molecular formula is C13H24O2. The smallest absolute Gasteiger partial charge is 0.0895 e. The van der Waals surface area contributed by atoms with E-state index in [0.29, 0.717) is 29.5 Å². The highest BCUT2D eigenvalue weighted by molar-refractivity contribution is 4.98. The lowest BCUT2D eigenvalue weighted by molar-refractivity contribution is 0.0255. The van der Waals surface area contributed by atoms with Gasteiger partial charge in [-0.3, -0.25) is 0 Å². The molecule has 2 aliphatic heterocycles. The molecule has 0 aromatic heterocycles. The zero-order valence-corrected chi connectivity index (χ0v) is 10.5. The van der Waals surface area contributed by atoms with Gasteiger partial charge in [-0.25, -0.2) is 0 Å². The van der Waals surface area contributed by atoms with Gasteiger partial charge in [0.25, 0.3) is 0 Å². The molecule has 0 spiro atoms. The molecule has 2 rings (SSSR count). The highest BCUT2D eigenvalue weighted by Gasteiger charge is 2.50. The van der Waals surface area contributed by atoms with Gasteiger partial charge in [0.1, 0.15) is 0 Å². The molecule has 2 heterocycles. The quantitative estimate of drug-likeness (QED) is 0.716. The second kappa shape index (κ2) is 4.06. The zero-order valence-electron chi connectivity index (χ0n) is 10.5. The number of ether oxygens (including phenoxy) is 2. The van der Waals surface area contributed by atoms with Crippen LogP contribution in [-0.2, 0) is 9.47 Å². The SMILES string of the molecule is CCC1COC2C1OCC2C(C)(C)CC. The summed E-state index contributed by atoms with van der Waals surface area (Å²) in [6.07, 6.45) is 3.13. The minimum atomic E-state index is 0.349. The Balaban J connectivity index is 2.08. The summed E-state index contributed by atoms with van der Waals surface area (Å²) in [4.78, 5) is 0. The van der Waals surface area contributed by atoms with Gasteiger partial charge in [-0.2, -0.15) is 0 Å². The maximum Gasteiger partial charge on any atom is 0.0895 e. The lowest BCUT2D eigenvalue weighted by Gasteiger charge is -2.32. The van der Waals surface area contributed by atoms with Crippen molar-refractivity contribution >= 4 is 0 Å². The van der Waals surface area contributed by atoms with Crippen LogP contribution in [0, 0.1) is 17.3 Å². The van der Waals surface area contributed by atoms with Crippen molar-refractivity contribution in [3.05, 3.63) is 0 Å². The fraction of sp³-hybridized carbons (Fsp3) is 1.00. The second-order valence-electron chi connectivity index (χ2n) is 5.71. The predicted octanol–water partition coefficient (Wildman–Crippen LogP) is 2.86. The molecule has 4 unspecified atom stereocenters. The monoisotopic (exact) mass is 212 g/mol. The van der Waals surface area contributed by atoms with E-state index in [2.05, 4.69) is 27.7 Å². The number of rotatable bonds is 3. The molecule has 0 bridgehead atoms. The molecule has 2 aliphatic rings. The van der Waals surface area contributed by atoms with Crippen molar-refractivity contribution in [2.45, 2.75) is 52.7 Å². The fourth-order valence-corrected chi connectivity index (χ4v) is 2.86. The summed E-state index contributed by atoms with van der Waals surface area (Å²) in [5, 5.41) is 0. The zero-order chi connectivity index (χ0) is 11.1. The van der Waals surface area contributed by atoms with Gasteiger partial charge in [0, 0.05) is 11.8 Å². The molecule has 2 fully saturated rings. The Morgan fingerprint density at radius 2 is 1.73 bits per heavy atom. The van der Waals surface area contributed by atoms with Crippen molar-refractivity contribution in [2.24, 2.45) is 17.3 Å². The minimum Gasteiger partial charge on any atom is -0.375 e. The average molecular weight is 212 g/mol. The maximum atomic E-state index is 5.96. The Morgan fingerprint density at radius 1 is 1.07 bits per heavy atom. The molecule has 0 aliphatic carbocycles. The van der Waals surface area contributed by atoms with Crippen LogP contribution < -0.4 is 0 Å². The van der Waals surface area contributed by atoms with Crippen LogP contribution in [0.5, 0.6) is 0 Å². The molecule has 0 radical (unpaired) electrons. The van der Waals surface area contributed by atoms with Gasteiger partial charge in [-0.1, -0.05) is 34.1 Å². The third kappa shape index (κ3) is 1.83. The predicted molar refractivity (Wildman–Crippen MR) is 60.8 cm³/mol. The van der Waals surface area contributed by atoms with E-state index < -0.39 is 0 Å². The molecule has 15 heavy (non-hydrogen) atoms. The van der Waals surface area contributed by atoms with Crippen LogP contribution in [0.3, 0.4) is 0 Å². The molecular weight excluding hydrogens is 188 g/mol. The third-order valence-corrected chi connectivity index (χ3v) is 4.60. The molecule has 2 saturated heterocycles. The Kier molecular flexibility index (Phi) is 3.09. The van der Waals surface area contributed by atoms with Gasteiger partial charge >= 0.3 is 0 Å². The first-order valence-corrected chi connectivity index (χ1v) is 6.33. The van der Waals surface area contributed by atoms with Gasteiger partial charge in [0.05, 0.1) is 25.4 Å². The van der Waals surface area contributed by atoms with Crippen molar-refractivity contribution in [1.82, 2.24) is 0 Å². The Morgan fingerprint density at radius 3 is 2.33 bits per heavy atom. The Hall–Kier alpha value is -0.0800. The molecule has 0 saturated carbocycles. The first-order chi connectivity index (χ1) is 7.10. The van der Waals surface area contributed by atoms with E-state index in [9.17, 15) is 0 Å². The van der Waals surface area contributed by atoms with Crippen molar-refractivity contribution < 1.29 is 9.47 Å². The highest BCUT2D eigenvalue weighted by Crippen LogP contribution is 2.45. The van der Waals surface area contributed by atoms with Crippen LogP contribution in [-0.4, -0.2) is 25.4 Å². The van der Waals surface area contributed by atoms with Crippen molar-refractivity contribution in [1.29, 1.82) is 0 Å². The van der Waals surface area contributed by atoms with Crippen LogP contribution in [0.2, 0.25) is 0 Å². The van der Waals surface area contributed by atoms with E-state index in [1.165, 1.54) is 12.8 Å². The van der Waals surface area contributed by atoms with E-state index in [1.807, 2.05) is 0 Å². The van der Waals surface area contributed by atoms with Crippen LogP contribution in [0.25, 0.3) is 0 Å². The van der Waals surface area contributed by atoms with Gasteiger partial charge in [0.2, 0.25) is 0 Å². The Labute approximate surface area is 93.3 Å². The van der Waals surface area contributed by atoms with E-state index in [0.717, 1.165) is 13.2 Å². The van der Waals surface area contributed by atoms with Gasteiger partial charge in [0.15, 0.2) is 0 Å². The lowest BCUT2D eigenvalue weighted by Crippen LogP contribution is -2.35. The van der Waals surface area contributed by atoms with E-state index in [4.69, 9.17) is 9.47 Å². The summed E-state index contributed by atoms with van der Waals surface area (Å²) in [7, 11) is 0. The molecule has 4 atom stereocenters. The second-order valence-corrected chi connectivity index (χ2v) is 5.71. The highest BCUT2D eigenvalue weighted by atomic mass is 16.6. The van der Waals surface area contributed by atoms with Gasteiger partial charge in [-0.05, 0) is 11.8 Å². The van der Waals surface area contributed by atoms with Crippen LogP contribution in [0.1, 0.15) is 40.5 Å². The summed E-state index contributed by atoms with van der Waals surface area (Å²) in [5.41, 5.74) is 0.349. The molecule has 0 aromatic rings. The average Bonchev–Trinajstić information content (AvgIpc) is 2.76. The summed E-state index contributed by atoms with van der Waals surface area (Å²) in [6.45, 7) is 11.0. The van der Waals surface area contributed by atoms with Crippen molar-refractivity contribution in [3.8, 4) is 0 Å². The van der Waals surface area contributed by atoms with Gasteiger partial charge < -0.3 is 9.47 Å².